The maximum Gasteiger partial charge on any atom is 0.0991 e. The molecule has 23 heavy (non-hydrogen) atoms. The summed E-state index contributed by atoms with van der Waals surface area (Å²) in [7, 11) is 0. The van der Waals surface area contributed by atoms with Crippen molar-refractivity contribution in [3.63, 3.8) is 0 Å². The summed E-state index contributed by atoms with van der Waals surface area (Å²) in [4.78, 5) is 2.54. The Hall–Kier alpha value is -2.15. The number of benzene rings is 2. The fourth-order valence-corrected chi connectivity index (χ4v) is 3.19. The van der Waals surface area contributed by atoms with Crippen LogP contribution in [0.4, 0.5) is 0 Å². The summed E-state index contributed by atoms with van der Waals surface area (Å²) in [6.45, 7) is 4.23. The maximum absolute atomic E-state index is 9.03. The Kier molecular flexibility index (Phi) is 5.42. The molecule has 1 unspecified atom stereocenters. The molecule has 0 aromatic heterocycles. The predicted octanol–water partition coefficient (Wildman–Crippen LogP) is 3.48. The monoisotopic (exact) mass is 305 g/mol. The van der Waals surface area contributed by atoms with Gasteiger partial charge in [0.1, 0.15) is 0 Å². The number of rotatable bonds is 6. The van der Waals surface area contributed by atoms with E-state index in [-0.39, 0.29) is 0 Å². The third kappa shape index (κ3) is 4.41. The topological polar surface area (TPSA) is 39.1 Å². The van der Waals surface area contributed by atoms with Gasteiger partial charge >= 0.3 is 0 Å². The third-order valence-electron chi connectivity index (χ3n) is 4.45. The van der Waals surface area contributed by atoms with Crippen molar-refractivity contribution in [2.45, 2.75) is 25.4 Å². The van der Waals surface area contributed by atoms with Crippen LogP contribution in [0.3, 0.4) is 0 Å². The average molecular weight is 305 g/mol. The fourth-order valence-electron chi connectivity index (χ4n) is 3.19. The Morgan fingerprint density at radius 1 is 1.04 bits per heavy atom. The van der Waals surface area contributed by atoms with Crippen molar-refractivity contribution in [3.05, 3.63) is 71.3 Å². The van der Waals surface area contributed by atoms with Crippen LogP contribution in [0.25, 0.3) is 0 Å². The van der Waals surface area contributed by atoms with E-state index in [0.717, 1.165) is 24.2 Å². The first-order chi connectivity index (χ1) is 11.3. The van der Waals surface area contributed by atoms with E-state index in [1.54, 1.807) is 0 Å². The molecule has 118 valence electrons. The van der Waals surface area contributed by atoms with Gasteiger partial charge < -0.3 is 10.2 Å². The summed E-state index contributed by atoms with van der Waals surface area (Å²) in [5.74, 6) is 0. The molecule has 0 radical (unpaired) electrons. The van der Waals surface area contributed by atoms with E-state index in [2.05, 4.69) is 52.7 Å². The zero-order valence-electron chi connectivity index (χ0n) is 13.4. The van der Waals surface area contributed by atoms with Crippen molar-refractivity contribution < 1.29 is 0 Å². The first-order valence-electron chi connectivity index (χ1n) is 8.35. The predicted molar refractivity (Wildman–Crippen MR) is 92.9 cm³/mol. The van der Waals surface area contributed by atoms with Crippen LogP contribution in [-0.2, 0) is 6.54 Å². The summed E-state index contributed by atoms with van der Waals surface area (Å²) >= 11 is 0. The number of hydrogen-bond donors (Lipinski definition) is 1. The minimum Gasteiger partial charge on any atom is -0.305 e. The van der Waals surface area contributed by atoms with E-state index in [9.17, 15) is 0 Å². The molecule has 1 aliphatic rings. The summed E-state index contributed by atoms with van der Waals surface area (Å²) in [5, 5.41) is 12.7. The van der Waals surface area contributed by atoms with Crippen LogP contribution in [0.15, 0.2) is 54.6 Å². The third-order valence-corrected chi connectivity index (χ3v) is 4.45. The molecule has 3 nitrogen and oxygen atoms in total. The molecule has 1 atom stereocenters. The Morgan fingerprint density at radius 3 is 2.57 bits per heavy atom. The van der Waals surface area contributed by atoms with Gasteiger partial charge in [0.05, 0.1) is 11.6 Å². The van der Waals surface area contributed by atoms with Crippen molar-refractivity contribution in [1.82, 2.24) is 10.2 Å². The Morgan fingerprint density at radius 2 is 1.83 bits per heavy atom. The second kappa shape index (κ2) is 7.92. The first kappa shape index (κ1) is 15.7. The number of hydrogen-bond acceptors (Lipinski definition) is 3. The zero-order valence-corrected chi connectivity index (χ0v) is 13.4. The molecule has 3 heteroatoms. The van der Waals surface area contributed by atoms with Crippen LogP contribution in [0.2, 0.25) is 0 Å². The van der Waals surface area contributed by atoms with Gasteiger partial charge in [0.15, 0.2) is 0 Å². The summed E-state index contributed by atoms with van der Waals surface area (Å²) < 4.78 is 0. The second-order valence-electron chi connectivity index (χ2n) is 6.16. The zero-order chi connectivity index (χ0) is 15.9. The Labute approximate surface area is 138 Å². The second-order valence-corrected chi connectivity index (χ2v) is 6.16. The lowest BCUT2D eigenvalue weighted by molar-refractivity contribution is 0.291. The van der Waals surface area contributed by atoms with Crippen LogP contribution < -0.4 is 5.32 Å². The highest BCUT2D eigenvalue weighted by Gasteiger charge is 2.18. The van der Waals surface area contributed by atoms with E-state index in [1.165, 1.54) is 31.5 Å². The summed E-state index contributed by atoms with van der Waals surface area (Å²) in [6, 6.07) is 21.0. The van der Waals surface area contributed by atoms with Gasteiger partial charge in [-0.25, -0.2) is 0 Å². The number of likely N-dealkylation sites (tertiary alicyclic amines) is 1. The van der Waals surface area contributed by atoms with E-state index in [1.807, 2.05) is 18.2 Å². The molecular weight excluding hydrogens is 282 g/mol. The fraction of sp³-hybridized carbons (Fsp3) is 0.350. The van der Waals surface area contributed by atoms with Gasteiger partial charge in [-0.1, -0.05) is 42.5 Å². The minimum atomic E-state index is 0.319. The van der Waals surface area contributed by atoms with Crippen molar-refractivity contribution in [3.8, 4) is 6.07 Å². The highest BCUT2D eigenvalue weighted by Crippen LogP contribution is 2.18. The highest BCUT2D eigenvalue weighted by atomic mass is 15.2. The van der Waals surface area contributed by atoms with Gasteiger partial charge in [-0.05, 0) is 49.2 Å². The van der Waals surface area contributed by atoms with Crippen LogP contribution in [0, 0.1) is 11.3 Å². The van der Waals surface area contributed by atoms with Crippen molar-refractivity contribution in [1.29, 1.82) is 5.26 Å². The highest BCUT2D eigenvalue weighted by molar-refractivity contribution is 5.32. The largest absolute Gasteiger partial charge is 0.305 e. The van der Waals surface area contributed by atoms with Gasteiger partial charge in [0.25, 0.3) is 0 Å². The lowest BCUT2D eigenvalue weighted by atomic mass is 10.1. The molecule has 1 N–H and O–H groups in total. The van der Waals surface area contributed by atoms with Gasteiger partial charge in [0.2, 0.25) is 0 Å². The lowest BCUT2D eigenvalue weighted by Crippen LogP contribution is -2.33. The smallest absolute Gasteiger partial charge is 0.0991 e. The molecule has 2 aromatic carbocycles. The van der Waals surface area contributed by atoms with E-state index in [0.29, 0.717) is 6.04 Å². The number of nitriles is 1. The molecule has 0 aliphatic carbocycles. The van der Waals surface area contributed by atoms with Crippen LogP contribution in [-0.4, -0.2) is 24.5 Å². The molecule has 2 aromatic rings. The molecule has 0 amide bonds. The molecule has 3 rings (SSSR count). The molecule has 0 bridgehead atoms. The molecule has 1 aliphatic heterocycles. The molecule has 1 heterocycles. The number of nitrogens with one attached hydrogen (secondary N) is 1. The molecule has 0 spiro atoms. The number of nitrogens with zero attached hydrogens (tertiary/aromatic N) is 2. The van der Waals surface area contributed by atoms with Crippen LogP contribution >= 0.6 is 0 Å². The molecule has 1 fully saturated rings. The van der Waals surface area contributed by atoms with E-state index >= 15 is 0 Å². The van der Waals surface area contributed by atoms with Gasteiger partial charge in [-0.3, -0.25) is 0 Å². The normalized spacial score (nSPS) is 16.1. The van der Waals surface area contributed by atoms with E-state index < -0.39 is 0 Å². The van der Waals surface area contributed by atoms with E-state index in [4.69, 9.17) is 5.26 Å². The van der Waals surface area contributed by atoms with Crippen molar-refractivity contribution in [2.75, 3.05) is 19.6 Å². The van der Waals surface area contributed by atoms with Crippen LogP contribution in [0.1, 0.15) is 35.6 Å². The summed E-state index contributed by atoms with van der Waals surface area (Å²) in [5.41, 5.74) is 3.21. The Bertz CT molecular complexity index is 654. The molecule has 1 saturated heterocycles. The standard InChI is InChI=1S/C20H23N3/c21-14-17-7-6-8-18(13-17)15-22-20(16-23-11-4-5-12-23)19-9-2-1-3-10-19/h1-3,6-10,13,20,22H,4-5,11-12,15-16H2. The summed E-state index contributed by atoms with van der Waals surface area (Å²) in [6.07, 6.45) is 2.62. The average Bonchev–Trinajstić information content (AvgIpc) is 3.12. The molecule has 0 saturated carbocycles. The minimum absolute atomic E-state index is 0.319. The van der Waals surface area contributed by atoms with Gasteiger partial charge in [-0.15, -0.1) is 0 Å². The van der Waals surface area contributed by atoms with Gasteiger partial charge in [-0.2, -0.15) is 5.26 Å². The quantitative estimate of drug-likeness (QED) is 0.888. The van der Waals surface area contributed by atoms with Gasteiger partial charge in [0, 0.05) is 19.1 Å². The first-order valence-corrected chi connectivity index (χ1v) is 8.35. The van der Waals surface area contributed by atoms with Crippen LogP contribution in [0.5, 0.6) is 0 Å². The van der Waals surface area contributed by atoms with Crippen molar-refractivity contribution in [2.24, 2.45) is 0 Å². The lowest BCUT2D eigenvalue weighted by Gasteiger charge is -2.25. The molecular formula is C20H23N3. The Balaban J connectivity index is 1.69. The van der Waals surface area contributed by atoms with Crippen molar-refractivity contribution >= 4 is 0 Å². The maximum atomic E-state index is 9.03. The SMILES string of the molecule is N#Cc1cccc(CNC(CN2CCCC2)c2ccccc2)c1.